The lowest BCUT2D eigenvalue weighted by Gasteiger charge is -2.15. The monoisotopic (exact) mass is 327 g/mol. The third-order valence-corrected chi connectivity index (χ3v) is 4.07. The minimum absolute atomic E-state index is 0.0900. The lowest BCUT2D eigenvalue weighted by molar-refractivity contribution is -0.118. The van der Waals surface area contributed by atoms with Crippen LogP contribution in [0.3, 0.4) is 0 Å². The number of alkyl halides is 1. The number of carbonyl (C=O) groups is 1. The summed E-state index contributed by atoms with van der Waals surface area (Å²) in [5.41, 5.74) is 7.12. The smallest absolute Gasteiger partial charge is 0.231 e. The van der Waals surface area contributed by atoms with E-state index in [1.54, 1.807) is 18.0 Å². The number of hydrogen-bond donors (Lipinski definition) is 1. The van der Waals surface area contributed by atoms with Crippen LogP contribution in [0.25, 0.3) is 10.6 Å². The Hall–Kier alpha value is -1.50. The molecule has 0 aliphatic carbocycles. The lowest BCUT2D eigenvalue weighted by Crippen LogP contribution is -2.30. The fraction of sp³-hybridized carbons (Fsp3) is 0.286. The fourth-order valence-electron chi connectivity index (χ4n) is 1.92. The topological polar surface area (TPSA) is 59.2 Å². The summed E-state index contributed by atoms with van der Waals surface area (Å²) in [5.74, 6) is -0.424. The molecule has 21 heavy (non-hydrogen) atoms. The van der Waals surface area contributed by atoms with E-state index in [0.717, 1.165) is 16.3 Å². The first-order chi connectivity index (χ1) is 9.99. The van der Waals surface area contributed by atoms with E-state index < -0.39 is 5.91 Å². The molecule has 0 bridgehead atoms. The Morgan fingerprint density at radius 3 is 2.86 bits per heavy atom. The van der Waals surface area contributed by atoms with Crippen molar-refractivity contribution in [2.75, 3.05) is 13.6 Å². The highest BCUT2D eigenvalue weighted by Gasteiger charge is 2.11. The van der Waals surface area contributed by atoms with E-state index in [0.29, 0.717) is 18.0 Å². The number of hydrogen-bond acceptors (Lipinski definition) is 4. The van der Waals surface area contributed by atoms with Crippen molar-refractivity contribution in [1.29, 1.82) is 0 Å². The van der Waals surface area contributed by atoms with Gasteiger partial charge in [-0.1, -0.05) is 12.1 Å². The number of thiazole rings is 1. The molecular formula is C14H15ClFN3OS. The maximum atomic E-state index is 14.1. The first kappa shape index (κ1) is 15.9. The van der Waals surface area contributed by atoms with E-state index in [1.165, 1.54) is 17.4 Å². The number of primary amides is 1. The van der Waals surface area contributed by atoms with Crippen LogP contribution in [0, 0.1) is 5.82 Å². The van der Waals surface area contributed by atoms with Crippen molar-refractivity contribution < 1.29 is 9.18 Å². The van der Waals surface area contributed by atoms with Crippen LogP contribution in [0.15, 0.2) is 23.6 Å². The molecule has 0 unspecified atom stereocenters. The van der Waals surface area contributed by atoms with Crippen molar-refractivity contribution in [1.82, 2.24) is 9.88 Å². The average molecular weight is 328 g/mol. The van der Waals surface area contributed by atoms with Crippen molar-refractivity contribution in [3.8, 4) is 10.6 Å². The van der Waals surface area contributed by atoms with Crippen molar-refractivity contribution in [2.24, 2.45) is 5.73 Å². The number of aromatic nitrogens is 1. The van der Waals surface area contributed by atoms with Gasteiger partial charge in [0.1, 0.15) is 10.8 Å². The second kappa shape index (κ2) is 6.98. The van der Waals surface area contributed by atoms with Gasteiger partial charge in [0.15, 0.2) is 0 Å². The number of benzene rings is 1. The van der Waals surface area contributed by atoms with E-state index in [4.69, 9.17) is 17.3 Å². The van der Waals surface area contributed by atoms with E-state index in [2.05, 4.69) is 4.98 Å². The molecule has 0 atom stereocenters. The quantitative estimate of drug-likeness (QED) is 0.830. The lowest BCUT2D eigenvalue weighted by atomic mass is 10.1. The van der Waals surface area contributed by atoms with E-state index in [-0.39, 0.29) is 12.4 Å². The normalized spacial score (nSPS) is 11.0. The number of nitrogens with two attached hydrogens (primary N) is 1. The summed E-state index contributed by atoms with van der Waals surface area (Å²) >= 11 is 7.14. The van der Waals surface area contributed by atoms with Gasteiger partial charge in [-0.2, -0.15) is 0 Å². The summed E-state index contributed by atoms with van der Waals surface area (Å²) < 4.78 is 14.1. The van der Waals surface area contributed by atoms with Gasteiger partial charge >= 0.3 is 0 Å². The molecule has 0 aliphatic heterocycles. The number of likely N-dealkylation sites (N-methyl/N-ethyl adjacent to an activating group) is 1. The second-order valence-electron chi connectivity index (χ2n) is 4.72. The summed E-state index contributed by atoms with van der Waals surface area (Å²) in [6, 6.07) is 4.96. The van der Waals surface area contributed by atoms with Gasteiger partial charge in [0, 0.05) is 23.1 Å². The molecule has 2 aromatic rings. The number of halogens is 2. The van der Waals surface area contributed by atoms with Crippen LogP contribution in [0.2, 0.25) is 0 Å². The van der Waals surface area contributed by atoms with Crippen LogP contribution < -0.4 is 5.73 Å². The number of carbonyl (C=O) groups excluding carboxylic acids is 1. The highest BCUT2D eigenvalue weighted by Crippen LogP contribution is 2.26. The molecule has 0 fully saturated rings. The molecule has 112 valence electrons. The first-order valence-corrected chi connectivity index (χ1v) is 7.67. The molecule has 0 saturated carbocycles. The summed E-state index contributed by atoms with van der Waals surface area (Å²) in [6.07, 6.45) is 0. The van der Waals surface area contributed by atoms with Gasteiger partial charge in [-0.3, -0.25) is 9.69 Å². The number of nitrogens with zero attached hydrogens (tertiary/aromatic N) is 2. The van der Waals surface area contributed by atoms with E-state index in [1.807, 2.05) is 11.4 Å². The Bertz CT molecular complexity index is 647. The van der Waals surface area contributed by atoms with Crippen molar-refractivity contribution >= 4 is 28.8 Å². The van der Waals surface area contributed by atoms with Gasteiger partial charge in [0.2, 0.25) is 5.91 Å². The van der Waals surface area contributed by atoms with Crippen molar-refractivity contribution in [3.05, 3.63) is 40.7 Å². The summed E-state index contributed by atoms with van der Waals surface area (Å²) in [7, 11) is 1.71. The van der Waals surface area contributed by atoms with Gasteiger partial charge in [-0.05, 0) is 13.1 Å². The third kappa shape index (κ3) is 4.23. The molecule has 2 rings (SSSR count). The van der Waals surface area contributed by atoms with Crippen LogP contribution >= 0.6 is 22.9 Å². The van der Waals surface area contributed by atoms with Crippen LogP contribution in [0.5, 0.6) is 0 Å². The largest absolute Gasteiger partial charge is 0.369 e. The molecule has 1 heterocycles. The zero-order chi connectivity index (χ0) is 15.4. The first-order valence-electron chi connectivity index (χ1n) is 6.25. The van der Waals surface area contributed by atoms with E-state index >= 15 is 0 Å². The van der Waals surface area contributed by atoms with Crippen LogP contribution in [-0.4, -0.2) is 29.4 Å². The van der Waals surface area contributed by atoms with Gasteiger partial charge in [0.25, 0.3) is 0 Å². The molecule has 1 amide bonds. The molecule has 1 aromatic heterocycles. The van der Waals surface area contributed by atoms with E-state index in [9.17, 15) is 9.18 Å². The molecule has 0 saturated heterocycles. The number of rotatable bonds is 6. The fourth-order valence-corrected chi connectivity index (χ4v) is 2.97. The predicted molar refractivity (Wildman–Crippen MR) is 82.6 cm³/mol. The Labute approximate surface area is 131 Å². The number of amides is 1. The van der Waals surface area contributed by atoms with Crippen LogP contribution in [-0.2, 0) is 17.2 Å². The standard InChI is InChI=1S/C14H15ClFN3OS/c1-19(7-13(17)20)6-10-3-2-9(4-12(10)16)14-18-11(5-15)8-21-14/h2-4,8H,5-7H2,1H3,(H2,17,20). The van der Waals surface area contributed by atoms with Gasteiger partial charge in [0.05, 0.1) is 18.1 Å². The highest BCUT2D eigenvalue weighted by atomic mass is 35.5. The van der Waals surface area contributed by atoms with Gasteiger partial charge in [-0.25, -0.2) is 9.37 Å². The molecule has 0 spiro atoms. The molecule has 1 aromatic carbocycles. The van der Waals surface area contributed by atoms with Crippen molar-refractivity contribution in [2.45, 2.75) is 12.4 Å². The summed E-state index contributed by atoms with van der Waals surface area (Å²) in [5, 5.41) is 2.59. The van der Waals surface area contributed by atoms with Gasteiger partial charge < -0.3 is 5.73 Å². The second-order valence-corrected chi connectivity index (χ2v) is 5.85. The summed E-state index contributed by atoms with van der Waals surface area (Å²) in [4.78, 5) is 16.8. The van der Waals surface area contributed by atoms with Crippen LogP contribution in [0.4, 0.5) is 4.39 Å². The Balaban J connectivity index is 2.15. The average Bonchev–Trinajstić information content (AvgIpc) is 2.89. The zero-order valence-electron chi connectivity index (χ0n) is 11.5. The zero-order valence-corrected chi connectivity index (χ0v) is 13.0. The minimum Gasteiger partial charge on any atom is -0.369 e. The molecule has 4 nitrogen and oxygen atoms in total. The van der Waals surface area contributed by atoms with Crippen LogP contribution in [0.1, 0.15) is 11.3 Å². The van der Waals surface area contributed by atoms with Crippen molar-refractivity contribution in [3.63, 3.8) is 0 Å². The molecular weight excluding hydrogens is 313 g/mol. The maximum Gasteiger partial charge on any atom is 0.231 e. The molecule has 2 N–H and O–H groups in total. The van der Waals surface area contributed by atoms with Gasteiger partial charge in [-0.15, -0.1) is 22.9 Å². The predicted octanol–water partition coefficient (Wildman–Crippen LogP) is 2.61. The Kier molecular flexibility index (Phi) is 5.27. The highest BCUT2D eigenvalue weighted by molar-refractivity contribution is 7.13. The maximum absolute atomic E-state index is 14.1. The Morgan fingerprint density at radius 2 is 2.29 bits per heavy atom. The third-order valence-electron chi connectivity index (χ3n) is 2.85. The molecule has 0 radical (unpaired) electrons. The summed E-state index contributed by atoms with van der Waals surface area (Å²) in [6.45, 7) is 0.409. The molecule has 7 heteroatoms. The SMILES string of the molecule is CN(CC(N)=O)Cc1ccc(-c2nc(CCl)cs2)cc1F. The Morgan fingerprint density at radius 1 is 1.52 bits per heavy atom. The molecule has 0 aliphatic rings. The minimum atomic E-state index is -0.439.